The molecule has 1 fully saturated rings. The zero-order chi connectivity index (χ0) is 24.8. The smallest absolute Gasteiger partial charge is 0.274 e. The summed E-state index contributed by atoms with van der Waals surface area (Å²) in [5.74, 6) is 0.212. The average molecular weight is 491 g/mol. The van der Waals surface area contributed by atoms with E-state index in [4.69, 9.17) is 11.6 Å². The number of aromatic nitrogens is 2. The molecule has 2 heterocycles. The number of likely N-dealkylation sites (tertiary alicyclic amines) is 1. The molecular weight excluding hydrogens is 460 g/mol. The van der Waals surface area contributed by atoms with Crippen LogP contribution in [0.2, 0.25) is 5.02 Å². The van der Waals surface area contributed by atoms with Gasteiger partial charge in [-0.1, -0.05) is 54.1 Å². The minimum Gasteiger partial charge on any atom is -0.339 e. The average Bonchev–Trinajstić information content (AvgIpc) is 3.32. The third-order valence-corrected chi connectivity index (χ3v) is 6.94. The number of aryl methyl sites for hydroxylation is 1. The summed E-state index contributed by atoms with van der Waals surface area (Å²) in [6.45, 7) is 1.33. The fraction of sp³-hybridized carbons (Fsp3) is 0.321. The molecule has 0 saturated carbocycles. The summed E-state index contributed by atoms with van der Waals surface area (Å²) in [4.78, 5) is 29.7. The van der Waals surface area contributed by atoms with E-state index < -0.39 is 0 Å². The molecule has 3 aromatic rings. The number of hydrogen-bond donors (Lipinski definition) is 0. The van der Waals surface area contributed by atoms with E-state index in [0.29, 0.717) is 23.8 Å². The van der Waals surface area contributed by atoms with Crippen LogP contribution in [-0.4, -0.2) is 57.6 Å². The maximum Gasteiger partial charge on any atom is 0.274 e. The van der Waals surface area contributed by atoms with Gasteiger partial charge < -0.3 is 9.80 Å². The lowest BCUT2D eigenvalue weighted by molar-refractivity contribution is -0.127. The van der Waals surface area contributed by atoms with E-state index in [-0.39, 0.29) is 23.8 Å². The number of piperidine rings is 1. The van der Waals surface area contributed by atoms with Crippen molar-refractivity contribution in [3.8, 4) is 0 Å². The molecular formula is C28H31ClN4O2. The van der Waals surface area contributed by atoms with Crippen LogP contribution in [0.3, 0.4) is 0 Å². The Kier molecular flexibility index (Phi) is 8.03. The van der Waals surface area contributed by atoms with Crippen molar-refractivity contribution in [2.45, 2.75) is 25.3 Å². The molecule has 2 amide bonds. The van der Waals surface area contributed by atoms with Crippen molar-refractivity contribution in [2.24, 2.45) is 13.0 Å². The Morgan fingerprint density at radius 2 is 1.86 bits per heavy atom. The van der Waals surface area contributed by atoms with Gasteiger partial charge >= 0.3 is 0 Å². The monoisotopic (exact) mass is 490 g/mol. The van der Waals surface area contributed by atoms with Gasteiger partial charge in [-0.05, 0) is 60.6 Å². The van der Waals surface area contributed by atoms with Gasteiger partial charge in [-0.15, -0.1) is 0 Å². The van der Waals surface area contributed by atoms with Crippen LogP contribution >= 0.6 is 11.6 Å². The summed E-state index contributed by atoms with van der Waals surface area (Å²) in [6, 6.07) is 19.5. The number of nitrogens with zero attached hydrogens (tertiary/aromatic N) is 4. The molecule has 1 saturated heterocycles. The lowest BCUT2D eigenvalue weighted by Gasteiger charge is -2.39. The Morgan fingerprint density at radius 3 is 2.51 bits per heavy atom. The fourth-order valence-electron chi connectivity index (χ4n) is 4.72. The van der Waals surface area contributed by atoms with Gasteiger partial charge in [0.15, 0.2) is 0 Å². The topological polar surface area (TPSA) is 58.4 Å². The number of rotatable bonds is 7. The van der Waals surface area contributed by atoms with Crippen molar-refractivity contribution < 1.29 is 9.59 Å². The second-order valence-electron chi connectivity index (χ2n) is 9.10. The van der Waals surface area contributed by atoms with Gasteiger partial charge in [0.25, 0.3) is 5.91 Å². The van der Waals surface area contributed by atoms with Crippen LogP contribution in [0.5, 0.6) is 0 Å². The maximum absolute atomic E-state index is 13.2. The number of carbonyl (C=O) groups is 2. The van der Waals surface area contributed by atoms with Crippen molar-refractivity contribution in [1.82, 2.24) is 19.6 Å². The van der Waals surface area contributed by atoms with Gasteiger partial charge in [0, 0.05) is 50.5 Å². The van der Waals surface area contributed by atoms with E-state index >= 15 is 0 Å². The van der Waals surface area contributed by atoms with Gasteiger partial charge in [-0.25, -0.2) is 0 Å². The number of amides is 2. The Balaban J connectivity index is 1.43. The third kappa shape index (κ3) is 6.40. The SMILES string of the molecule is CN(C(=O)c1ccn(C)n1)[C@H](Cc1ccccc1)C1CCN(C(=O)/C=C/c2cccc(Cl)c2)CC1. The van der Waals surface area contributed by atoms with E-state index in [1.165, 1.54) is 5.56 Å². The summed E-state index contributed by atoms with van der Waals surface area (Å²) in [5.41, 5.74) is 2.55. The second-order valence-corrected chi connectivity index (χ2v) is 9.54. The number of benzene rings is 2. The van der Waals surface area contributed by atoms with Gasteiger partial charge in [-0.3, -0.25) is 14.3 Å². The standard InChI is InChI=1S/C28H31ClN4O2/c1-31-16-15-25(30-31)28(35)32(2)26(20-21-7-4-3-5-8-21)23-13-17-33(18-14-23)27(34)12-11-22-9-6-10-24(29)19-22/h3-12,15-16,19,23,26H,13-14,17-18,20H2,1-2H3/b12-11+/t26-/m1/s1. The highest BCUT2D eigenvalue weighted by atomic mass is 35.5. The molecule has 0 spiro atoms. The van der Waals surface area contributed by atoms with Crippen molar-refractivity contribution in [3.63, 3.8) is 0 Å². The maximum atomic E-state index is 13.2. The van der Waals surface area contributed by atoms with E-state index in [9.17, 15) is 9.59 Å². The number of hydrogen-bond acceptors (Lipinski definition) is 3. The van der Waals surface area contributed by atoms with Crippen LogP contribution < -0.4 is 0 Å². The largest absolute Gasteiger partial charge is 0.339 e. The van der Waals surface area contributed by atoms with Crippen molar-refractivity contribution in [2.75, 3.05) is 20.1 Å². The van der Waals surface area contributed by atoms with Crippen LogP contribution in [0.4, 0.5) is 0 Å². The molecule has 0 unspecified atom stereocenters. The molecule has 1 aliphatic heterocycles. The lowest BCUT2D eigenvalue weighted by atomic mass is 9.84. The number of carbonyl (C=O) groups excluding carboxylic acids is 2. The van der Waals surface area contributed by atoms with Crippen molar-refractivity contribution in [3.05, 3.63) is 94.8 Å². The Hall–Kier alpha value is -3.38. The highest BCUT2D eigenvalue weighted by Gasteiger charge is 2.33. The highest BCUT2D eigenvalue weighted by Crippen LogP contribution is 2.27. The fourth-order valence-corrected chi connectivity index (χ4v) is 4.92. The zero-order valence-corrected chi connectivity index (χ0v) is 20.9. The molecule has 2 aromatic carbocycles. The van der Waals surface area contributed by atoms with Crippen LogP contribution in [0.1, 0.15) is 34.5 Å². The number of halogens is 1. The molecule has 7 heteroatoms. The molecule has 0 N–H and O–H groups in total. The molecule has 0 bridgehead atoms. The number of likely N-dealkylation sites (N-methyl/N-ethyl adjacent to an activating group) is 1. The van der Waals surface area contributed by atoms with E-state index in [0.717, 1.165) is 24.8 Å². The van der Waals surface area contributed by atoms with Gasteiger partial charge in [-0.2, -0.15) is 5.10 Å². The molecule has 182 valence electrons. The van der Waals surface area contributed by atoms with Gasteiger partial charge in [0.05, 0.1) is 0 Å². The summed E-state index contributed by atoms with van der Waals surface area (Å²) in [6.07, 6.45) is 7.65. The quantitative estimate of drug-likeness (QED) is 0.451. The first-order valence-corrected chi connectivity index (χ1v) is 12.3. The van der Waals surface area contributed by atoms with E-state index in [1.54, 1.807) is 29.1 Å². The molecule has 0 radical (unpaired) electrons. The predicted molar refractivity (Wildman–Crippen MR) is 139 cm³/mol. The Bertz CT molecular complexity index is 1180. The lowest BCUT2D eigenvalue weighted by Crippen LogP contribution is -2.48. The predicted octanol–water partition coefficient (Wildman–Crippen LogP) is 4.71. The van der Waals surface area contributed by atoms with Crippen molar-refractivity contribution in [1.29, 1.82) is 0 Å². The second kappa shape index (κ2) is 11.4. The molecule has 1 aromatic heterocycles. The van der Waals surface area contributed by atoms with Crippen LogP contribution in [-0.2, 0) is 18.3 Å². The van der Waals surface area contributed by atoms with Crippen LogP contribution in [0, 0.1) is 5.92 Å². The highest BCUT2D eigenvalue weighted by molar-refractivity contribution is 6.30. The Labute approximate surface area is 211 Å². The van der Waals surface area contributed by atoms with Crippen LogP contribution in [0.25, 0.3) is 6.08 Å². The van der Waals surface area contributed by atoms with Crippen molar-refractivity contribution >= 4 is 29.5 Å². The van der Waals surface area contributed by atoms with Gasteiger partial charge in [0.2, 0.25) is 5.91 Å². The third-order valence-electron chi connectivity index (χ3n) is 6.70. The minimum atomic E-state index is -0.0745. The van der Waals surface area contributed by atoms with E-state index in [2.05, 4.69) is 17.2 Å². The van der Waals surface area contributed by atoms with E-state index in [1.807, 2.05) is 66.4 Å². The molecule has 0 aliphatic carbocycles. The summed E-state index contributed by atoms with van der Waals surface area (Å²) < 4.78 is 1.65. The summed E-state index contributed by atoms with van der Waals surface area (Å²) in [7, 11) is 3.68. The zero-order valence-electron chi connectivity index (χ0n) is 20.2. The first kappa shape index (κ1) is 24.7. The molecule has 35 heavy (non-hydrogen) atoms. The summed E-state index contributed by atoms with van der Waals surface area (Å²) in [5, 5.41) is 4.96. The van der Waals surface area contributed by atoms with Gasteiger partial charge in [0.1, 0.15) is 5.69 Å². The Morgan fingerprint density at radius 1 is 1.11 bits per heavy atom. The minimum absolute atomic E-state index is 0.000881. The first-order valence-electron chi connectivity index (χ1n) is 11.9. The summed E-state index contributed by atoms with van der Waals surface area (Å²) >= 11 is 6.04. The molecule has 6 nitrogen and oxygen atoms in total. The molecule has 1 aliphatic rings. The molecule has 1 atom stereocenters. The van der Waals surface area contributed by atoms with Crippen LogP contribution in [0.15, 0.2) is 72.9 Å². The molecule has 4 rings (SSSR count). The normalized spacial score (nSPS) is 15.3. The first-order chi connectivity index (χ1) is 16.9.